The van der Waals surface area contributed by atoms with E-state index in [4.69, 9.17) is 4.98 Å². The number of nitrogens with one attached hydrogen (secondary N) is 1. The van der Waals surface area contributed by atoms with Crippen molar-refractivity contribution in [3.05, 3.63) is 86.0 Å². The summed E-state index contributed by atoms with van der Waals surface area (Å²) in [5, 5.41) is 14.1. The van der Waals surface area contributed by atoms with Gasteiger partial charge in [0.1, 0.15) is 11.1 Å². The van der Waals surface area contributed by atoms with E-state index in [1.165, 1.54) is 28.0 Å². The number of rotatable bonds is 6. The predicted octanol–water partition coefficient (Wildman–Crippen LogP) is 4.91. The summed E-state index contributed by atoms with van der Waals surface area (Å²) in [7, 11) is 0. The maximum atomic E-state index is 13.3. The molecule has 8 heteroatoms. The zero-order chi connectivity index (χ0) is 23.7. The van der Waals surface area contributed by atoms with Crippen LogP contribution < -0.4 is 10.9 Å². The van der Waals surface area contributed by atoms with E-state index in [2.05, 4.69) is 11.4 Å². The number of aryl methyl sites for hydroxylation is 2. The van der Waals surface area contributed by atoms with Crippen molar-refractivity contribution in [3.63, 3.8) is 0 Å². The summed E-state index contributed by atoms with van der Waals surface area (Å²) >= 11 is 2.73. The van der Waals surface area contributed by atoms with Gasteiger partial charge in [0.2, 0.25) is 5.91 Å². The standard InChI is InChI=1S/C26H22N4O2S2/c1-16-9-11-17(12-10-16)14-30-25(32)19-5-2-3-7-21(19)28-26(30)33-15-23(31)29-24-20(13-27)18-6-4-8-22(18)34-24/h2-3,5,7,9-12H,4,6,8,14-15H2,1H3,(H,29,31). The Morgan fingerprint density at radius 3 is 2.79 bits per heavy atom. The molecule has 4 aromatic rings. The number of thiophene rings is 1. The monoisotopic (exact) mass is 486 g/mol. The minimum atomic E-state index is -0.217. The molecule has 2 aromatic carbocycles. The predicted molar refractivity (Wildman–Crippen MR) is 137 cm³/mol. The Hall–Kier alpha value is -3.41. The second kappa shape index (κ2) is 9.45. The van der Waals surface area contributed by atoms with Crippen molar-refractivity contribution in [3.8, 4) is 6.07 Å². The van der Waals surface area contributed by atoms with Gasteiger partial charge < -0.3 is 5.32 Å². The van der Waals surface area contributed by atoms with E-state index in [9.17, 15) is 14.9 Å². The van der Waals surface area contributed by atoms with E-state index < -0.39 is 0 Å². The molecule has 1 amide bonds. The van der Waals surface area contributed by atoms with Crippen molar-refractivity contribution in [2.45, 2.75) is 37.9 Å². The molecule has 0 fully saturated rings. The summed E-state index contributed by atoms with van der Waals surface area (Å²) in [6.45, 7) is 2.39. The molecule has 0 saturated heterocycles. The van der Waals surface area contributed by atoms with Crippen LogP contribution in [0.5, 0.6) is 0 Å². The van der Waals surface area contributed by atoms with Crippen LogP contribution in [-0.4, -0.2) is 21.2 Å². The van der Waals surface area contributed by atoms with Crippen LogP contribution in [0, 0.1) is 18.3 Å². The minimum Gasteiger partial charge on any atom is -0.316 e. The quantitative estimate of drug-likeness (QED) is 0.309. The van der Waals surface area contributed by atoms with Crippen LogP contribution in [0.2, 0.25) is 0 Å². The van der Waals surface area contributed by atoms with Crippen molar-refractivity contribution in [1.82, 2.24) is 9.55 Å². The zero-order valence-electron chi connectivity index (χ0n) is 18.6. The first-order chi connectivity index (χ1) is 16.5. The van der Waals surface area contributed by atoms with Gasteiger partial charge in [-0.15, -0.1) is 11.3 Å². The summed E-state index contributed by atoms with van der Waals surface area (Å²) in [4.78, 5) is 32.0. The molecule has 0 unspecified atom stereocenters. The lowest BCUT2D eigenvalue weighted by molar-refractivity contribution is -0.113. The fourth-order valence-electron chi connectivity index (χ4n) is 4.18. The molecule has 2 aromatic heterocycles. The summed E-state index contributed by atoms with van der Waals surface area (Å²) < 4.78 is 1.63. The number of hydrogen-bond donors (Lipinski definition) is 1. The highest BCUT2D eigenvalue weighted by molar-refractivity contribution is 7.99. The summed E-state index contributed by atoms with van der Waals surface area (Å²) in [5.74, 6) is -0.128. The molecule has 0 aliphatic heterocycles. The van der Waals surface area contributed by atoms with Gasteiger partial charge in [-0.05, 0) is 49.4 Å². The molecule has 1 N–H and O–H groups in total. The molecule has 0 atom stereocenters. The summed E-state index contributed by atoms with van der Waals surface area (Å²) in [6, 6.07) is 17.5. The van der Waals surface area contributed by atoms with Gasteiger partial charge in [0.25, 0.3) is 5.56 Å². The Bertz CT molecular complexity index is 1500. The third kappa shape index (κ3) is 4.37. The van der Waals surface area contributed by atoms with E-state index in [1.807, 2.05) is 49.4 Å². The Morgan fingerprint density at radius 2 is 2.00 bits per heavy atom. The number of thioether (sulfide) groups is 1. The first kappa shape index (κ1) is 22.4. The van der Waals surface area contributed by atoms with E-state index in [1.54, 1.807) is 10.6 Å². The van der Waals surface area contributed by atoms with Crippen LogP contribution in [0.4, 0.5) is 5.00 Å². The van der Waals surface area contributed by atoms with Gasteiger partial charge >= 0.3 is 0 Å². The van der Waals surface area contributed by atoms with Gasteiger partial charge in [-0.1, -0.05) is 53.7 Å². The second-order valence-electron chi connectivity index (χ2n) is 8.30. The number of fused-ring (bicyclic) bond motifs is 2. The molecule has 0 radical (unpaired) electrons. The van der Waals surface area contributed by atoms with Gasteiger partial charge in [-0.2, -0.15) is 5.26 Å². The Labute approximate surface area is 205 Å². The maximum absolute atomic E-state index is 13.3. The highest BCUT2D eigenvalue weighted by atomic mass is 32.2. The van der Waals surface area contributed by atoms with E-state index in [0.717, 1.165) is 36.0 Å². The van der Waals surface area contributed by atoms with Crippen molar-refractivity contribution >= 4 is 44.9 Å². The largest absolute Gasteiger partial charge is 0.316 e. The molecule has 170 valence electrons. The first-order valence-corrected chi connectivity index (χ1v) is 12.9. The van der Waals surface area contributed by atoms with Crippen LogP contribution in [0.1, 0.15) is 33.6 Å². The fraction of sp³-hybridized carbons (Fsp3) is 0.231. The number of hydrogen-bond acceptors (Lipinski definition) is 6. The van der Waals surface area contributed by atoms with Crippen molar-refractivity contribution in [2.24, 2.45) is 0 Å². The molecule has 34 heavy (non-hydrogen) atoms. The van der Waals surface area contributed by atoms with E-state index in [-0.39, 0.29) is 17.2 Å². The first-order valence-electron chi connectivity index (χ1n) is 11.1. The summed E-state index contributed by atoms with van der Waals surface area (Å²) in [5.41, 5.74) is 4.29. The molecule has 6 nitrogen and oxygen atoms in total. The molecule has 1 aliphatic rings. The van der Waals surface area contributed by atoms with Crippen LogP contribution in [0.15, 0.2) is 58.5 Å². The number of nitrogens with zero attached hydrogens (tertiary/aromatic N) is 3. The Kier molecular flexibility index (Phi) is 6.22. The lowest BCUT2D eigenvalue weighted by Gasteiger charge is -2.13. The van der Waals surface area contributed by atoms with Gasteiger partial charge in [0.15, 0.2) is 5.16 Å². The smallest absolute Gasteiger partial charge is 0.262 e. The van der Waals surface area contributed by atoms with Gasteiger partial charge in [0.05, 0.1) is 28.8 Å². The number of benzene rings is 2. The van der Waals surface area contributed by atoms with E-state index >= 15 is 0 Å². The third-order valence-corrected chi connectivity index (χ3v) is 8.09. The zero-order valence-corrected chi connectivity index (χ0v) is 20.3. The molecular formula is C26H22N4O2S2. The number of anilines is 1. The van der Waals surface area contributed by atoms with E-state index in [0.29, 0.717) is 33.2 Å². The Balaban J connectivity index is 1.40. The molecular weight excluding hydrogens is 464 g/mol. The molecule has 0 saturated carbocycles. The fourth-order valence-corrected chi connectivity index (χ4v) is 6.23. The lowest BCUT2D eigenvalue weighted by atomic mass is 10.1. The molecule has 5 rings (SSSR count). The van der Waals surface area contributed by atoms with Gasteiger partial charge in [0, 0.05) is 4.88 Å². The highest BCUT2D eigenvalue weighted by Crippen LogP contribution is 2.38. The average molecular weight is 487 g/mol. The number of carbonyl (C=O) groups is 1. The molecule has 0 spiro atoms. The number of aromatic nitrogens is 2. The normalized spacial score (nSPS) is 12.5. The minimum absolute atomic E-state index is 0.0894. The molecule has 1 aliphatic carbocycles. The SMILES string of the molecule is Cc1ccc(Cn2c(SCC(=O)Nc3sc4c(c3C#N)CCC4)nc3ccccc3c2=O)cc1. The number of amides is 1. The van der Waals surface area contributed by atoms with Crippen LogP contribution in [0.3, 0.4) is 0 Å². The maximum Gasteiger partial charge on any atom is 0.262 e. The number of nitriles is 1. The Morgan fingerprint density at radius 1 is 1.21 bits per heavy atom. The van der Waals surface area contributed by atoms with Gasteiger partial charge in [-0.25, -0.2) is 4.98 Å². The van der Waals surface area contributed by atoms with Crippen molar-refractivity contribution in [1.29, 1.82) is 5.26 Å². The van der Waals surface area contributed by atoms with Crippen LogP contribution in [0.25, 0.3) is 10.9 Å². The molecule has 0 bridgehead atoms. The second-order valence-corrected chi connectivity index (χ2v) is 10.3. The van der Waals surface area contributed by atoms with Crippen LogP contribution in [-0.2, 0) is 24.2 Å². The van der Waals surface area contributed by atoms with Crippen molar-refractivity contribution < 1.29 is 4.79 Å². The summed E-state index contributed by atoms with van der Waals surface area (Å²) in [6.07, 6.45) is 2.92. The topological polar surface area (TPSA) is 87.8 Å². The average Bonchev–Trinajstić information content (AvgIpc) is 3.42. The number of para-hydroxylation sites is 1. The van der Waals surface area contributed by atoms with Crippen molar-refractivity contribution in [2.75, 3.05) is 11.1 Å². The third-order valence-electron chi connectivity index (χ3n) is 5.91. The number of carbonyl (C=O) groups excluding carboxylic acids is 1. The lowest BCUT2D eigenvalue weighted by Crippen LogP contribution is -2.25. The van der Waals surface area contributed by atoms with Gasteiger partial charge in [-0.3, -0.25) is 14.2 Å². The highest BCUT2D eigenvalue weighted by Gasteiger charge is 2.23. The molecule has 2 heterocycles. The van der Waals surface area contributed by atoms with Crippen LogP contribution >= 0.6 is 23.1 Å².